The number of likely N-dealkylation sites (N-methyl/N-ethyl adjacent to an activating group) is 1. The Labute approximate surface area is 113 Å². The molecular weight excluding hydrogens is 278 g/mol. The first-order valence-corrected chi connectivity index (χ1v) is 6.91. The summed E-state index contributed by atoms with van der Waals surface area (Å²) in [6.45, 7) is 7.93. The molecule has 0 aliphatic carbocycles. The van der Waals surface area contributed by atoms with Crippen LogP contribution in [0.4, 0.5) is 0 Å². The molecule has 0 saturated heterocycles. The summed E-state index contributed by atoms with van der Waals surface area (Å²) in [4.78, 5) is 0. The average Bonchev–Trinajstić information content (AvgIpc) is 2.31. The van der Waals surface area contributed by atoms with Gasteiger partial charge in [-0.2, -0.15) is 0 Å². The largest absolute Gasteiger partial charge is 0.379 e. The van der Waals surface area contributed by atoms with Gasteiger partial charge in [-0.3, -0.25) is 0 Å². The summed E-state index contributed by atoms with van der Waals surface area (Å²) < 4.78 is 6.83. The van der Waals surface area contributed by atoms with Gasteiger partial charge in [-0.1, -0.05) is 35.0 Å². The molecule has 0 aliphatic heterocycles. The quantitative estimate of drug-likeness (QED) is 0.808. The molecule has 1 aromatic carbocycles. The van der Waals surface area contributed by atoms with Crippen molar-refractivity contribution in [3.63, 3.8) is 0 Å². The molecule has 0 spiro atoms. The Morgan fingerprint density at radius 2 is 1.88 bits per heavy atom. The van der Waals surface area contributed by atoms with Crippen molar-refractivity contribution < 1.29 is 4.74 Å². The summed E-state index contributed by atoms with van der Waals surface area (Å²) in [6, 6.07) is 4.70. The van der Waals surface area contributed by atoms with Gasteiger partial charge in [-0.05, 0) is 44.0 Å². The molecule has 1 rings (SSSR count). The summed E-state index contributed by atoms with van der Waals surface area (Å²) in [7, 11) is 1.98. The maximum Gasteiger partial charge on any atom is 0.0661 e. The Morgan fingerprint density at radius 3 is 2.35 bits per heavy atom. The monoisotopic (exact) mass is 299 g/mol. The van der Waals surface area contributed by atoms with Crippen LogP contribution >= 0.6 is 15.9 Å². The lowest BCUT2D eigenvalue weighted by Crippen LogP contribution is -2.22. The summed E-state index contributed by atoms with van der Waals surface area (Å²) in [6.07, 6.45) is 1.06. The van der Waals surface area contributed by atoms with Crippen molar-refractivity contribution in [1.82, 2.24) is 5.32 Å². The molecule has 2 nitrogen and oxygen atoms in total. The topological polar surface area (TPSA) is 21.3 Å². The Balaban J connectivity index is 2.81. The highest BCUT2D eigenvalue weighted by atomic mass is 79.9. The van der Waals surface area contributed by atoms with E-state index in [4.69, 9.17) is 4.74 Å². The van der Waals surface area contributed by atoms with Crippen LogP contribution in [0.15, 0.2) is 16.6 Å². The van der Waals surface area contributed by atoms with Crippen LogP contribution in [-0.2, 0) is 4.74 Å². The second-order valence-electron chi connectivity index (χ2n) is 4.38. The maximum absolute atomic E-state index is 5.63. The highest BCUT2D eigenvalue weighted by Crippen LogP contribution is 2.25. The van der Waals surface area contributed by atoms with Crippen LogP contribution in [-0.4, -0.2) is 20.3 Å². The molecule has 96 valence electrons. The minimum absolute atomic E-state index is 0.270. The van der Waals surface area contributed by atoms with Gasteiger partial charge < -0.3 is 10.1 Å². The van der Waals surface area contributed by atoms with Crippen LogP contribution in [0.5, 0.6) is 0 Å². The van der Waals surface area contributed by atoms with Crippen LogP contribution in [0.1, 0.15) is 36.1 Å². The van der Waals surface area contributed by atoms with Crippen LogP contribution in [0, 0.1) is 13.8 Å². The van der Waals surface area contributed by atoms with Gasteiger partial charge in [0.1, 0.15) is 0 Å². The Hall–Kier alpha value is -0.380. The summed E-state index contributed by atoms with van der Waals surface area (Å²) in [5, 5.41) is 3.31. The Kier molecular flexibility index (Phi) is 6.17. The van der Waals surface area contributed by atoms with Crippen molar-refractivity contribution >= 4 is 15.9 Å². The minimum atomic E-state index is 0.270. The van der Waals surface area contributed by atoms with Crippen molar-refractivity contribution in [1.29, 1.82) is 0 Å². The van der Waals surface area contributed by atoms with Crippen LogP contribution in [0.25, 0.3) is 0 Å². The third-order valence-corrected chi connectivity index (χ3v) is 4.09. The van der Waals surface area contributed by atoms with Gasteiger partial charge in [0.2, 0.25) is 0 Å². The fourth-order valence-corrected chi connectivity index (χ4v) is 2.10. The lowest BCUT2D eigenvalue weighted by Gasteiger charge is -2.18. The number of halogens is 1. The number of rotatable bonds is 6. The lowest BCUT2D eigenvalue weighted by molar-refractivity contribution is 0.114. The molecule has 3 heteroatoms. The number of aryl methyl sites for hydroxylation is 2. The van der Waals surface area contributed by atoms with E-state index in [2.05, 4.69) is 54.2 Å². The van der Waals surface area contributed by atoms with Crippen molar-refractivity contribution in [2.45, 2.75) is 33.2 Å². The molecule has 0 radical (unpaired) electrons. The zero-order valence-corrected chi connectivity index (χ0v) is 12.7. The third-order valence-electron chi connectivity index (χ3n) is 2.84. The standard InChI is InChI=1S/C14H22BrNO/c1-5-6-17-9-13(16-4)12-7-10(2)14(15)11(3)8-12/h7-8,13,16H,5-6,9H2,1-4H3. The summed E-state index contributed by atoms with van der Waals surface area (Å²) in [5.74, 6) is 0. The van der Waals surface area contributed by atoms with Crippen LogP contribution in [0.2, 0.25) is 0 Å². The van der Waals surface area contributed by atoms with Gasteiger partial charge in [-0.25, -0.2) is 0 Å². The summed E-state index contributed by atoms with van der Waals surface area (Å²) in [5.41, 5.74) is 3.84. The average molecular weight is 300 g/mol. The van der Waals surface area contributed by atoms with E-state index in [1.54, 1.807) is 0 Å². The molecule has 0 aromatic heterocycles. The van der Waals surface area contributed by atoms with E-state index in [0.717, 1.165) is 19.6 Å². The van der Waals surface area contributed by atoms with Gasteiger partial charge in [0.25, 0.3) is 0 Å². The molecule has 0 fully saturated rings. The molecule has 1 atom stereocenters. The van der Waals surface area contributed by atoms with E-state index in [0.29, 0.717) is 0 Å². The van der Waals surface area contributed by atoms with Crippen molar-refractivity contribution in [2.75, 3.05) is 20.3 Å². The van der Waals surface area contributed by atoms with Crippen LogP contribution < -0.4 is 5.32 Å². The zero-order valence-electron chi connectivity index (χ0n) is 11.1. The molecule has 0 saturated carbocycles. The zero-order chi connectivity index (χ0) is 12.8. The highest BCUT2D eigenvalue weighted by Gasteiger charge is 2.11. The van der Waals surface area contributed by atoms with Crippen molar-refractivity contribution in [2.24, 2.45) is 0 Å². The molecule has 0 heterocycles. The minimum Gasteiger partial charge on any atom is -0.379 e. The van der Waals surface area contributed by atoms with Gasteiger partial charge in [0.05, 0.1) is 12.6 Å². The molecule has 0 aliphatic rings. The first-order valence-electron chi connectivity index (χ1n) is 6.11. The molecule has 1 unspecified atom stereocenters. The van der Waals surface area contributed by atoms with Gasteiger partial charge >= 0.3 is 0 Å². The molecule has 17 heavy (non-hydrogen) atoms. The fraction of sp³-hybridized carbons (Fsp3) is 0.571. The number of hydrogen-bond donors (Lipinski definition) is 1. The lowest BCUT2D eigenvalue weighted by atomic mass is 10.0. The predicted octanol–water partition coefficient (Wildman–Crippen LogP) is 3.75. The van der Waals surface area contributed by atoms with Gasteiger partial charge in [-0.15, -0.1) is 0 Å². The van der Waals surface area contributed by atoms with E-state index in [-0.39, 0.29) is 6.04 Å². The number of ether oxygens (including phenoxy) is 1. The van der Waals surface area contributed by atoms with E-state index in [1.807, 2.05) is 7.05 Å². The number of benzene rings is 1. The molecule has 0 bridgehead atoms. The third kappa shape index (κ3) is 4.09. The first kappa shape index (κ1) is 14.7. The van der Waals surface area contributed by atoms with Crippen molar-refractivity contribution in [3.8, 4) is 0 Å². The second kappa shape index (κ2) is 7.14. The van der Waals surface area contributed by atoms with Gasteiger partial charge in [0, 0.05) is 11.1 Å². The number of hydrogen-bond acceptors (Lipinski definition) is 2. The SMILES string of the molecule is CCCOCC(NC)c1cc(C)c(Br)c(C)c1. The first-order chi connectivity index (χ1) is 8.10. The normalized spacial score (nSPS) is 12.8. The van der Waals surface area contributed by atoms with E-state index in [1.165, 1.54) is 21.2 Å². The smallest absolute Gasteiger partial charge is 0.0661 e. The predicted molar refractivity (Wildman–Crippen MR) is 76.5 cm³/mol. The molecule has 1 aromatic rings. The van der Waals surface area contributed by atoms with E-state index >= 15 is 0 Å². The van der Waals surface area contributed by atoms with Crippen molar-refractivity contribution in [3.05, 3.63) is 33.3 Å². The van der Waals surface area contributed by atoms with E-state index in [9.17, 15) is 0 Å². The Bertz CT molecular complexity index is 342. The maximum atomic E-state index is 5.63. The molecule has 0 amide bonds. The summed E-state index contributed by atoms with van der Waals surface area (Å²) >= 11 is 3.60. The van der Waals surface area contributed by atoms with Crippen LogP contribution in [0.3, 0.4) is 0 Å². The second-order valence-corrected chi connectivity index (χ2v) is 5.18. The highest BCUT2D eigenvalue weighted by molar-refractivity contribution is 9.10. The fourth-order valence-electron chi connectivity index (χ4n) is 1.87. The van der Waals surface area contributed by atoms with Gasteiger partial charge in [0.15, 0.2) is 0 Å². The number of nitrogens with one attached hydrogen (secondary N) is 1. The molecular formula is C14H22BrNO. The molecule has 1 N–H and O–H groups in total. The van der Waals surface area contributed by atoms with E-state index < -0.39 is 0 Å². The Morgan fingerprint density at radius 1 is 1.29 bits per heavy atom.